The lowest BCUT2D eigenvalue weighted by Crippen LogP contribution is -2.27. The third-order valence-electron chi connectivity index (χ3n) is 5.38. The number of rotatable bonds is 4. The summed E-state index contributed by atoms with van der Waals surface area (Å²) in [6.45, 7) is 3.88. The highest BCUT2D eigenvalue weighted by Gasteiger charge is 2.14. The van der Waals surface area contributed by atoms with E-state index in [1.165, 1.54) is 17.1 Å². The Balaban J connectivity index is 1.44. The van der Waals surface area contributed by atoms with Gasteiger partial charge in [-0.2, -0.15) is 5.10 Å². The number of amides is 1. The zero-order chi connectivity index (χ0) is 22.2. The van der Waals surface area contributed by atoms with Crippen molar-refractivity contribution >= 4 is 33.4 Å². The SMILES string of the molecule is Cc1cc(C)cc(-n2ncc3c(=O)n(CC(=O)Nc4cccc5ccccc45)cnc32)c1. The molecule has 7 nitrogen and oxygen atoms in total. The second-order valence-corrected chi connectivity index (χ2v) is 7.89. The lowest BCUT2D eigenvalue weighted by atomic mass is 10.1. The highest BCUT2D eigenvalue weighted by atomic mass is 16.2. The van der Waals surface area contributed by atoms with Crippen LogP contribution < -0.4 is 10.9 Å². The molecule has 32 heavy (non-hydrogen) atoms. The lowest BCUT2D eigenvalue weighted by molar-refractivity contribution is -0.116. The van der Waals surface area contributed by atoms with Gasteiger partial charge in [-0.05, 0) is 48.6 Å². The summed E-state index contributed by atoms with van der Waals surface area (Å²) in [5.41, 5.74) is 3.90. The Labute approximate surface area is 183 Å². The van der Waals surface area contributed by atoms with Crippen molar-refractivity contribution in [3.8, 4) is 5.69 Å². The molecule has 0 radical (unpaired) electrons. The van der Waals surface area contributed by atoms with Crippen LogP contribution in [-0.4, -0.2) is 25.2 Å². The fourth-order valence-corrected chi connectivity index (χ4v) is 4.00. The van der Waals surface area contributed by atoms with Crippen LogP contribution in [0, 0.1) is 13.8 Å². The second-order valence-electron chi connectivity index (χ2n) is 7.89. The second kappa shape index (κ2) is 7.77. The molecule has 0 aliphatic carbocycles. The van der Waals surface area contributed by atoms with E-state index in [0.717, 1.165) is 27.6 Å². The first kappa shape index (κ1) is 19.7. The molecule has 5 rings (SSSR count). The first-order valence-electron chi connectivity index (χ1n) is 10.3. The topological polar surface area (TPSA) is 81.8 Å². The van der Waals surface area contributed by atoms with Crippen molar-refractivity contribution in [1.29, 1.82) is 0 Å². The summed E-state index contributed by atoms with van der Waals surface area (Å²) < 4.78 is 2.95. The maximum Gasteiger partial charge on any atom is 0.264 e. The number of aryl methyl sites for hydroxylation is 2. The van der Waals surface area contributed by atoms with Crippen molar-refractivity contribution in [3.63, 3.8) is 0 Å². The molecule has 5 aromatic rings. The van der Waals surface area contributed by atoms with Gasteiger partial charge < -0.3 is 5.32 Å². The molecule has 0 bridgehead atoms. The van der Waals surface area contributed by atoms with Crippen LogP contribution in [0.4, 0.5) is 5.69 Å². The third kappa shape index (κ3) is 3.54. The smallest absolute Gasteiger partial charge is 0.264 e. The van der Waals surface area contributed by atoms with Crippen molar-refractivity contribution in [2.75, 3.05) is 5.32 Å². The predicted molar refractivity (Wildman–Crippen MR) is 125 cm³/mol. The summed E-state index contributed by atoms with van der Waals surface area (Å²) in [6.07, 6.45) is 2.90. The highest BCUT2D eigenvalue weighted by Crippen LogP contribution is 2.23. The summed E-state index contributed by atoms with van der Waals surface area (Å²) in [5, 5.41) is 9.62. The summed E-state index contributed by atoms with van der Waals surface area (Å²) in [5.74, 6) is -0.300. The molecule has 0 aliphatic rings. The first-order chi connectivity index (χ1) is 15.5. The van der Waals surface area contributed by atoms with Gasteiger partial charge in [0.05, 0.1) is 11.9 Å². The van der Waals surface area contributed by atoms with Crippen molar-refractivity contribution in [2.45, 2.75) is 20.4 Å². The van der Waals surface area contributed by atoms with Gasteiger partial charge in [0.1, 0.15) is 18.3 Å². The van der Waals surface area contributed by atoms with Crippen LogP contribution in [0.5, 0.6) is 0 Å². The molecule has 0 unspecified atom stereocenters. The minimum atomic E-state index is -0.307. The third-order valence-corrected chi connectivity index (χ3v) is 5.38. The largest absolute Gasteiger partial charge is 0.324 e. The van der Waals surface area contributed by atoms with E-state index in [1.807, 2.05) is 68.4 Å². The van der Waals surface area contributed by atoms with E-state index in [1.54, 1.807) is 4.68 Å². The van der Waals surface area contributed by atoms with Crippen LogP contribution in [0.3, 0.4) is 0 Å². The van der Waals surface area contributed by atoms with Crippen LogP contribution in [0.1, 0.15) is 11.1 Å². The van der Waals surface area contributed by atoms with Gasteiger partial charge in [-0.1, -0.05) is 42.5 Å². The van der Waals surface area contributed by atoms with Crippen LogP contribution in [-0.2, 0) is 11.3 Å². The van der Waals surface area contributed by atoms with Gasteiger partial charge in [0.15, 0.2) is 5.65 Å². The number of fused-ring (bicyclic) bond motifs is 2. The molecule has 1 amide bonds. The molecule has 0 fully saturated rings. The molecule has 1 N–H and O–H groups in total. The molecule has 0 spiro atoms. The number of hydrogen-bond donors (Lipinski definition) is 1. The summed E-state index contributed by atoms with van der Waals surface area (Å²) >= 11 is 0. The monoisotopic (exact) mass is 423 g/mol. The standard InChI is InChI=1S/C25H21N5O2/c1-16-10-17(2)12-19(11-16)30-24-21(13-27-30)25(32)29(15-26-24)14-23(31)28-22-9-5-7-18-6-3-4-8-20(18)22/h3-13,15H,14H2,1-2H3,(H,28,31). The number of carbonyl (C=O) groups excluding carboxylic acids is 1. The Hall–Kier alpha value is -4.26. The van der Waals surface area contributed by atoms with E-state index in [0.29, 0.717) is 16.7 Å². The molecule has 2 aromatic heterocycles. The van der Waals surface area contributed by atoms with Gasteiger partial charge in [0.25, 0.3) is 5.56 Å². The lowest BCUT2D eigenvalue weighted by Gasteiger charge is -2.10. The Kier molecular flexibility index (Phi) is 4.78. The molecule has 0 saturated heterocycles. The minimum Gasteiger partial charge on any atom is -0.324 e. The Morgan fingerprint density at radius 1 is 0.969 bits per heavy atom. The Morgan fingerprint density at radius 3 is 2.53 bits per heavy atom. The fraction of sp³-hybridized carbons (Fsp3) is 0.120. The summed E-state index contributed by atoms with van der Waals surface area (Å²) in [7, 11) is 0. The van der Waals surface area contributed by atoms with Crippen LogP contribution in [0.15, 0.2) is 78.0 Å². The van der Waals surface area contributed by atoms with Crippen molar-refractivity contribution in [3.05, 3.63) is 94.7 Å². The molecular formula is C25H21N5O2. The van der Waals surface area contributed by atoms with Crippen LogP contribution in [0.2, 0.25) is 0 Å². The Morgan fingerprint density at radius 2 is 1.72 bits per heavy atom. The number of benzene rings is 3. The number of carbonyl (C=O) groups is 1. The average molecular weight is 423 g/mol. The van der Waals surface area contributed by atoms with Gasteiger partial charge in [-0.25, -0.2) is 9.67 Å². The number of anilines is 1. The van der Waals surface area contributed by atoms with Gasteiger partial charge in [0, 0.05) is 11.1 Å². The van der Waals surface area contributed by atoms with E-state index in [9.17, 15) is 9.59 Å². The zero-order valence-corrected chi connectivity index (χ0v) is 17.7. The molecule has 0 saturated carbocycles. The minimum absolute atomic E-state index is 0.139. The fourth-order valence-electron chi connectivity index (χ4n) is 4.00. The molecular weight excluding hydrogens is 402 g/mol. The zero-order valence-electron chi connectivity index (χ0n) is 17.7. The molecule has 7 heteroatoms. The number of nitrogens with one attached hydrogen (secondary N) is 1. The van der Waals surface area contributed by atoms with E-state index in [2.05, 4.69) is 21.5 Å². The quantitative estimate of drug-likeness (QED) is 0.474. The highest BCUT2D eigenvalue weighted by molar-refractivity contribution is 6.02. The number of nitrogens with zero attached hydrogens (tertiary/aromatic N) is 4. The molecule has 0 atom stereocenters. The first-order valence-corrected chi connectivity index (χ1v) is 10.3. The van der Waals surface area contributed by atoms with Gasteiger partial charge in [0.2, 0.25) is 5.91 Å². The maximum absolute atomic E-state index is 13.0. The van der Waals surface area contributed by atoms with Gasteiger partial charge >= 0.3 is 0 Å². The average Bonchev–Trinajstić information content (AvgIpc) is 3.20. The Bertz CT molecular complexity index is 1520. The molecule has 2 heterocycles. The molecule has 158 valence electrons. The summed E-state index contributed by atoms with van der Waals surface area (Å²) in [4.78, 5) is 30.1. The number of aromatic nitrogens is 4. The van der Waals surface area contributed by atoms with Crippen molar-refractivity contribution in [2.24, 2.45) is 0 Å². The van der Waals surface area contributed by atoms with Gasteiger partial charge in [-0.15, -0.1) is 0 Å². The van der Waals surface area contributed by atoms with Crippen molar-refractivity contribution < 1.29 is 4.79 Å². The van der Waals surface area contributed by atoms with Crippen LogP contribution >= 0.6 is 0 Å². The van der Waals surface area contributed by atoms with E-state index < -0.39 is 0 Å². The van der Waals surface area contributed by atoms with Crippen LogP contribution in [0.25, 0.3) is 27.5 Å². The van der Waals surface area contributed by atoms with Gasteiger partial charge in [-0.3, -0.25) is 14.2 Å². The normalized spacial score (nSPS) is 11.2. The van der Waals surface area contributed by atoms with E-state index in [4.69, 9.17) is 0 Å². The predicted octanol–water partition coefficient (Wildman–Crippen LogP) is 3.99. The number of hydrogen-bond acceptors (Lipinski definition) is 4. The maximum atomic E-state index is 13.0. The van der Waals surface area contributed by atoms with E-state index in [-0.39, 0.29) is 18.0 Å². The van der Waals surface area contributed by atoms with E-state index >= 15 is 0 Å². The molecule has 0 aliphatic heterocycles. The van der Waals surface area contributed by atoms with Crippen molar-refractivity contribution in [1.82, 2.24) is 19.3 Å². The summed E-state index contributed by atoms with van der Waals surface area (Å²) in [6, 6.07) is 19.6. The molecule has 3 aromatic carbocycles.